The second-order valence-corrected chi connectivity index (χ2v) is 7.23. The molecule has 2 aromatic rings. The highest BCUT2D eigenvalue weighted by Gasteiger charge is 2.42. The van der Waals surface area contributed by atoms with Gasteiger partial charge in [0.05, 0.1) is 16.5 Å². The van der Waals surface area contributed by atoms with Gasteiger partial charge in [0.2, 0.25) is 0 Å². The molecule has 1 heterocycles. The average molecular weight is 351 g/mol. The fourth-order valence-corrected chi connectivity index (χ4v) is 4.00. The maximum absolute atomic E-state index is 11.4. The SMILES string of the molecule is CCCC(C(=O)O)C(O)(CSc1ccc2ccccc2n1)P=O. The van der Waals surface area contributed by atoms with Crippen LogP contribution < -0.4 is 0 Å². The maximum atomic E-state index is 11.4. The Bertz CT molecular complexity index is 711. The van der Waals surface area contributed by atoms with E-state index in [4.69, 9.17) is 0 Å². The van der Waals surface area contributed by atoms with Gasteiger partial charge in [-0.1, -0.05) is 37.6 Å². The van der Waals surface area contributed by atoms with Gasteiger partial charge < -0.3 is 10.2 Å². The monoisotopic (exact) mass is 351 g/mol. The third-order valence-electron chi connectivity index (χ3n) is 3.60. The predicted octanol–water partition coefficient (Wildman–Crippen LogP) is 3.81. The van der Waals surface area contributed by atoms with Crippen molar-refractivity contribution in [3.05, 3.63) is 36.4 Å². The van der Waals surface area contributed by atoms with Crippen molar-refractivity contribution >= 4 is 37.1 Å². The molecule has 1 aromatic carbocycles. The van der Waals surface area contributed by atoms with Crippen LogP contribution >= 0.6 is 20.2 Å². The number of rotatable bonds is 8. The highest BCUT2D eigenvalue weighted by Crippen LogP contribution is 2.37. The van der Waals surface area contributed by atoms with E-state index in [2.05, 4.69) is 4.98 Å². The van der Waals surface area contributed by atoms with Gasteiger partial charge in [0.1, 0.15) is 0 Å². The highest BCUT2D eigenvalue weighted by atomic mass is 32.2. The molecule has 2 atom stereocenters. The van der Waals surface area contributed by atoms with Crippen LogP contribution in [0.25, 0.3) is 10.9 Å². The molecule has 0 spiro atoms. The van der Waals surface area contributed by atoms with Crippen LogP contribution in [0.2, 0.25) is 0 Å². The summed E-state index contributed by atoms with van der Waals surface area (Å²) >= 11 is 1.21. The predicted molar refractivity (Wildman–Crippen MR) is 91.1 cm³/mol. The second-order valence-electron chi connectivity index (χ2n) is 5.28. The van der Waals surface area contributed by atoms with Gasteiger partial charge in [-0.15, -0.1) is 11.8 Å². The van der Waals surface area contributed by atoms with Crippen molar-refractivity contribution in [1.82, 2.24) is 4.98 Å². The number of nitrogens with zero attached hydrogens (tertiary/aromatic N) is 1. The molecule has 0 radical (unpaired) electrons. The Labute approximate surface area is 140 Å². The Kier molecular flexibility index (Phi) is 6.10. The second kappa shape index (κ2) is 7.86. The normalized spacial score (nSPS) is 15.4. The maximum Gasteiger partial charge on any atom is 0.310 e. The molecule has 2 rings (SSSR count). The summed E-state index contributed by atoms with van der Waals surface area (Å²) in [5, 5.41) is 19.6. The minimum absolute atomic E-state index is 0.000360. The molecule has 0 aliphatic rings. The van der Waals surface area contributed by atoms with Crippen molar-refractivity contribution in [3.8, 4) is 0 Å². The van der Waals surface area contributed by atoms with Crippen LogP contribution in [-0.4, -0.2) is 32.3 Å². The molecule has 0 saturated heterocycles. The van der Waals surface area contributed by atoms with Crippen molar-refractivity contribution < 1.29 is 19.6 Å². The van der Waals surface area contributed by atoms with E-state index < -0.39 is 25.7 Å². The quantitative estimate of drug-likeness (QED) is 0.555. The van der Waals surface area contributed by atoms with Crippen LogP contribution in [0.5, 0.6) is 0 Å². The Morgan fingerprint density at radius 2 is 2.09 bits per heavy atom. The Morgan fingerprint density at radius 3 is 2.74 bits per heavy atom. The smallest absolute Gasteiger partial charge is 0.310 e. The van der Waals surface area contributed by atoms with Crippen LogP contribution in [0.4, 0.5) is 0 Å². The van der Waals surface area contributed by atoms with E-state index in [9.17, 15) is 19.6 Å². The van der Waals surface area contributed by atoms with Gasteiger partial charge in [-0.05, 0) is 18.6 Å². The summed E-state index contributed by atoms with van der Waals surface area (Å²) < 4.78 is 11.4. The lowest BCUT2D eigenvalue weighted by Crippen LogP contribution is -2.39. The zero-order valence-electron chi connectivity index (χ0n) is 12.7. The van der Waals surface area contributed by atoms with Crippen LogP contribution in [0, 0.1) is 5.92 Å². The molecule has 23 heavy (non-hydrogen) atoms. The van der Waals surface area contributed by atoms with E-state index in [-0.39, 0.29) is 12.2 Å². The van der Waals surface area contributed by atoms with E-state index >= 15 is 0 Å². The van der Waals surface area contributed by atoms with Crippen LogP contribution in [0.15, 0.2) is 41.4 Å². The Hall–Kier alpha value is -1.49. The molecule has 122 valence electrons. The zero-order chi connectivity index (χ0) is 16.9. The first-order valence-electron chi connectivity index (χ1n) is 7.28. The van der Waals surface area contributed by atoms with Crippen LogP contribution in [0.1, 0.15) is 19.8 Å². The first-order valence-corrected chi connectivity index (χ1v) is 9.08. The Morgan fingerprint density at radius 1 is 1.35 bits per heavy atom. The summed E-state index contributed by atoms with van der Waals surface area (Å²) in [5.74, 6) is -2.20. The number of carbonyl (C=O) groups is 1. The summed E-state index contributed by atoms with van der Waals surface area (Å²) in [6.45, 7) is 1.83. The van der Waals surface area contributed by atoms with Gasteiger partial charge in [-0.2, -0.15) is 0 Å². The van der Waals surface area contributed by atoms with E-state index in [0.29, 0.717) is 11.4 Å². The topological polar surface area (TPSA) is 87.5 Å². The number of carboxylic acids is 1. The van der Waals surface area contributed by atoms with Crippen molar-refractivity contribution in [2.24, 2.45) is 5.92 Å². The lowest BCUT2D eigenvalue weighted by Gasteiger charge is -2.26. The summed E-state index contributed by atoms with van der Waals surface area (Å²) in [6, 6.07) is 11.4. The number of thioether (sulfide) groups is 1. The molecule has 7 heteroatoms. The first-order chi connectivity index (χ1) is 11.0. The van der Waals surface area contributed by atoms with Gasteiger partial charge in [-0.25, -0.2) is 4.98 Å². The number of benzene rings is 1. The molecular weight excluding hydrogens is 333 g/mol. The molecule has 0 aliphatic carbocycles. The third kappa shape index (κ3) is 4.28. The van der Waals surface area contributed by atoms with Crippen molar-refractivity contribution in [3.63, 3.8) is 0 Å². The van der Waals surface area contributed by atoms with Crippen molar-refractivity contribution in [1.29, 1.82) is 0 Å². The van der Waals surface area contributed by atoms with E-state index in [1.807, 2.05) is 43.3 Å². The number of aliphatic carboxylic acids is 1. The summed E-state index contributed by atoms with van der Waals surface area (Å²) in [5.41, 5.74) is 0.823. The molecule has 0 aliphatic heterocycles. The van der Waals surface area contributed by atoms with Gasteiger partial charge in [0.15, 0.2) is 13.8 Å². The van der Waals surface area contributed by atoms with Crippen molar-refractivity contribution in [2.75, 3.05) is 5.75 Å². The average Bonchev–Trinajstić information content (AvgIpc) is 2.57. The summed E-state index contributed by atoms with van der Waals surface area (Å²) in [6.07, 6.45) is 0.862. The molecule has 0 bridgehead atoms. The number of pyridine rings is 1. The molecule has 5 nitrogen and oxygen atoms in total. The molecule has 2 N–H and O–H groups in total. The first kappa shape index (κ1) is 17.9. The van der Waals surface area contributed by atoms with Gasteiger partial charge >= 0.3 is 5.97 Å². The largest absolute Gasteiger partial charge is 0.481 e. The van der Waals surface area contributed by atoms with E-state index in [0.717, 1.165) is 10.9 Å². The molecule has 0 amide bonds. The van der Waals surface area contributed by atoms with E-state index in [1.165, 1.54) is 11.8 Å². The van der Waals surface area contributed by atoms with Crippen LogP contribution in [0.3, 0.4) is 0 Å². The standard InChI is InChI=1S/C16H18NO4PS/c1-2-5-12(15(18)19)16(20,22-21)10-23-14-9-8-11-6-3-4-7-13(11)17-14/h3-4,6-9,12,20H,2,5,10H2,1H3,(H,18,19). The van der Waals surface area contributed by atoms with Crippen molar-refractivity contribution in [2.45, 2.75) is 30.1 Å². The zero-order valence-corrected chi connectivity index (χ0v) is 14.4. The number of para-hydroxylation sites is 1. The number of fused-ring (bicyclic) bond motifs is 1. The number of hydrogen-bond acceptors (Lipinski definition) is 5. The lowest BCUT2D eigenvalue weighted by molar-refractivity contribution is -0.146. The minimum Gasteiger partial charge on any atom is -0.481 e. The lowest BCUT2D eigenvalue weighted by atomic mass is 9.98. The number of aliphatic hydroxyl groups is 1. The van der Waals surface area contributed by atoms with E-state index in [1.54, 1.807) is 0 Å². The summed E-state index contributed by atoms with van der Waals surface area (Å²) in [4.78, 5) is 15.8. The third-order valence-corrected chi connectivity index (χ3v) is 5.70. The minimum atomic E-state index is -1.81. The number of carboxylic acid groups (broad SMARTS) is 1. The highest BCUT2D eigenvalue weighted by molar-refractivity contribution is 7.99. The van der Waals surface area contributed by atoms with Crippen LogP contribution in [-0.2, 0) is 9.36 Å². The molecular formula is C16H18NO4PS. The van der Waals surface area contributed by atoms with Gasteiger partial charge in [0, 0.05) is 11.1 Å². The molecule has 1 aromatic heterocycles. The molecule has 2 unspecified atom stereocenters. The number of hydrogen-bond donors (Lipinski definition) is 2. The molecule has 0 fully saturated rings. The number of aromatic nitrogens is 1. The fourth-order valence-electron chi connectivity index (χ4n) is 2.34. The fraction of sp³-hybridized carbons (Fsp3) is 0.375. The van der Waals surface area contributed by atoms with Gasteiger partial charge in [0.25, 0.3) is 0 Å². The van der Waals surface area contributed by atoms with Gasteiger partial charge in [-0.3, -0.25) is 9.36 Å². The molecule has 0 saturated carbocycles. The Balaban J connectivity index is 2.17. The summed E-state index contributed by atoms with van der Waals surface area (Å²) in [7, 11) is -0.579.